The number of carbonyl (C=O) groups is 1. The topological polar surface area (TPSA) is 57.5 Å². The molecule has 2 atom stereocenters. The number of likely N-dealkylation sites (tertiary alicyclic amines) is 1. The summed E-state index contributed by atoms with van der Waals surface area (Å²) in [7, 11) is 0. The lowest BCUT2D eigenvalue weighted by Gasteiger charge is -2.34. The molecule has 5 heteroatoms. The smallest absolute Gasteiger partial charge is 0.241 e. The minimum absolute atomic E-state index is 0.0225. The highest BCUT2D eigenvalue weighted by atomic mass is 16.3. The summed E-state index contributed by atoms with van der Waals surface area (Å²) < 4.78 is 5.67. The second kappa shape index (κ2) is 9.01. The zero-order chi connectivity index (χ0) is 18.4. The van der Waals surface area contributed by atoms with Gasteiger partial charge < -0.3 is 15.1 Å². The SMILES string of the molecule is Cc1ccc(NC(=O)[C@@H](C)NC[C@@H](c2ccco2)N2CCCCC2)cc1. The predicted octanol–water partition coefficient (Wildman–Crippen LogP) is 3.73. The van der Waals surface area contributed by atoms with E-state index in [9.17, 15) is 4.79 Å². The van der Waals surface area contributed by atoms with Crippen LogP contribution in [0.1, 0.15) is 43.6 Å². The monoisotopic (exact) mass is 355 g/mol. The number of hydrogen-bond donors (Lipinski definition) is 2. The van der Waals surface area contributed by atoms with Crippen molar-refractivity contribution in [3.63, 3.8) is 0 Å². The van der Waals surface area contributed by atoms with Gasteiger partial charge in [0, 0.05) is 12.2 Å². The van der Waals surface area contributed by atoms with Crippen LogP contribution in [0.2, 0.25) is 0 Å². The number of furan rings is 1. The van der Waals surface area contributed by atoms with Gasteiger partial charge in [0.25, 0.3) is 0 Å². The normalized spacial score (nSPS) is 17.6. The minimum atomic E-state index is -0.279. The highest BCUT2D eigenvalue weighted by molar-refractivity contribution is 5.94. The molecule has 1 aliphatic heterocycles. The summed E-state index contributed by atoms with van der Waals surface area (Å²) in [5, 5.41) is 6.35. The van der Waals surface area contributed by atoms with E-state index < -0.39 is 0 Å². The number of aryl methyl sites for hydroxylation is 1. The second-order valence-corrected chi connectivity index (χ2v) is 7.11. The van der Waals surface area contributed by atoms with E-state index in [4.69, 9.17) is 4.42 Å². The van der Waals surface area contributed by atoms with Crippen LogP contribution in [0.25, 0.3) is 0 Å². The van der Waals surface area contributed by atoms with E-state index >= 15 is 0 Å². The quantitative estimate of drug-likeness (QED) is 0.794. The molecule has 0 bridgehead atoms. The summed E-state index contributed by atoms with van der Waals surface area (Å²) in [6.07, 6.45) is 5.46. The molecule has 2 N–H and O–H groups in total. The van der Waals surface area contributed by atoms with E-state index in [2.05, 4.69) is 15.5 Å². The molecule has 0 saturated carbocycles. The summed E-state index contributed by atoms with van der Waals surface area (Å²) in [5.41, 5.74) is 2.00. The van der Waals surface area contributed by atoms with Crippen LogP contribution < -0.4 is 10.6 Å². The molecule has 0 unspecified atom stereocenters. The summed E-state index contributed by atoms with van der Waals surface area (Å²) in [5.74, 6) is 0.941. The molecule has 1 saturated heterocycles. The van der Waals surface area contributed by atoms with Crippen LogP contribution in [0.15, 0.2) is 47.1 Å². The first kappa shape index (κ1) is 18.7. The molecular formula is C21H29N3O2. The zero-order valence-electron chi connectivity index (χ0n) is 15.7. The Labute approximate surface area is 155 Å². The van der Waals surface area contributed by atoms with Gasteiger partial charge in [0.2, 0.25) is 5.91 Å². The van der Waals surface area contributed by atoms with E-state index in [1.807, 2.05) is 50.2 Å². The molecular weight excluding hydrogens is 326 g/mol. The summed E-state index contributed by atoms with van der Waals surface area (Å²) in [6, 6.07) is 11.7. The Kier molecular flexibility index (Phi) is 6.47. The number of rotatable bonds is 7. The first-order valence-electron chi connectivity index (χ1n) is 9.52. The van der Waals surface area contributed by atoms with Crippen LogP contribution in [-0.4, -0.2) is 36.5 Å². The molecule has 1 aromatic carbocycles. The number of nitrogens with zero attached hydrogens (tertiary/aromatic N) is 1. The molecule has 0 spiro atoms. The lowest BCUT2D eigenvalue weighted by atomic mass is 10.1. The molecule has 1 amide bonds. The summed E-state index contributed by atoms with van der Waals surface area (Å²) in [6.45, 7) is 6.79. The van der Waals surface area contributed by atoms with Crippen LogP contribution in [-0.2, 0) is 4.79 Å². The number of benzene rings is 1. The lowest BCUT2D eigenvalue weighted by molar-refractivity contribution is -0.117. The lowest BCUT2D eigenvalue weighted by Crippen LogP contribution is -2.44. The second-order valence-electron chi connectivity index (χ2n) is 7.11. The fraction of sp³-hybridized carbons (Fsp3) is 0.476. The van der Waals surface area contributed by atoms with Crippen molar-refractivity contribution in [3.05, 3.63) is 54.0 Å². The van der Waals surface area contributed by atoms with Crippen molar-refractivity contribution in [2.45, 2.75) is 45.2 Å². The molecule has 140 valence electrons. The maximum atomic E-state index is 12.5. The Balaban J connectivity index is 1.57. The number of carbonyl (C=O) groups excluding carboxylic acids is 1. The molecule has 2 heterocycles. The maximum absolute atomic E-state index is 12.5. The zero-order valence-corrected chi connectivity index (χ0v) is 15.7. The third kappa shape index (κ3) is 4.96. The van der Waals surface area contributed by atoms with E-state index in [1.54, 1.807) is 6.26 Å². The molecule has 26 heavy (non-hydrogen) atoms. The van der Waals surface area contributed by atoms with Gasteiger partial charge in [-0.2, -0.15) is 0 Å². The van der Waals surface area contributed by atoms with Crippen LogP contribution in [0.5, 0.6) is 0 Å². The Morgan fingerprint density at radius 1 is 1.15 bits per heavy atom. The summed E-state index contributed by atoms with van der Waals surface area (Å²) >= 11 is 0. The van der Waals surface area contributed by atoms with Crippen molar-refractivity contribution >= 4 is 11.6 Å². The van der Waals surface area contributed by atoms with Gasteiger partial charge in [-0.25, -0.2) is 0 Å². The maximum Gasteiger partial charge on any atom is 0.241 e. The average Bonchev–Trinajstić information content (AvgIpc) is 3.19. The number of piperidine rings is 1. The van der Waals surface area contributed by atoms with Gasteiger partial charge in [0.1, 0.15) is 5.76 Å². The minimum Gasteiger partial charge on any atom is -0.468 e. The Hall–Kier alpha value is -2.11. The molecule has 5 nitrogen and oxygen atoms in total. The standard InChI is InChI=1S/C21H29N3O2/c1-16-8-10-18(11-9-16)23-21(25)17(2)22-15-19(20-7-6-14-26-20)24-12-4-3-5-13-24/h6-11,14,17,19,22H,3-5,12-13,15H2,1-2H3,(H,23,25)/t17-,19+/m1/s1. The third-order valence-corrected chi connectivity index (χ3v) is 5.03. The van der Waals surface area contributed by atoms with E-state index in [1.165, 1.54) is 24.8 Å². The van der Waals surface area contributed by atoms with Gasteiger partial charge >= 0.3 is 0 Å². The highest BCUT2D eigenvalue weighted by Gasteiger charge is 2.25. The van der Waals surface area contributed by atoms with Crippen molar-refractivity contribution in [2.24, 2.45) is 0 Å². The molecule has 2 aromatic rings. The van der Waals surface area contributed by atoms with Gasteiger partial charge in [-0.1, -0.05) is 24.1 Å². The molecule has 3 rings (SSSR count). The van der Waals surface area contributed by atoms with Gasteiger partial charge in [0.15, 0.2) is 0 Å². The summed E-state index contributed by atoms with van der Waals surface area (Å²) in [4.78, 5) is 14.9. The first-order chi connectivity index (χ1) is 12.6. The van der Waals surface area contributed by atoms with Crippen LogP contribution >= 0.6 is 0 Å². The van der Waals surface area contributed by atoms with E-state index in [0.29, 0.717) is 6.54 Å². The number of hydrogen-bond acceptors (Lipinski definition) is 4. The van der Waals surface area contributed by atoms with Crippen molar-refractivity contribution < 1.29 is 9.21 Å². The first-order valence-corrected chi connectivity index (χ1v) is 9.52. The molecule has 1 aromatic heterocycles. The highest BCUT2D eigenvalue weighted by Crippen LogP contribution is 2.24. The van der Waals surface area contributed by atoms with Crippen molar-refractivity contribution in [2.75, 3.05) is 25.0 Å². The van der Waals surface area contributed by atoms with Crippen LogP contribution in [0.3, 0.4) is 0 Å². The molecule has 0 aliphatic carbocycles. The van der Waals surface area contributed by atoms with Gasteiger partial charge in [0.05, 0.1) is 18.3 Å². The van der Waals surface area contributed by atoms with Crippen LogP contribution in [0.4, 0.5) is 5.69 Å². The third-order valence-electron chi connectivity index (χ3n) is 5.03. The number of amides is 1. The van der Waals surface area contributed by atoms with Crippen LogP contribution in [0, 0.1) is 6.92 Å². The Morgan fingerprint density at radius 3 is 2.54 bits per heavy atom. The van der Waals surface area contributed by atoms with Gasteiger partial charge in [-0.15, -0.1) is 0 Å². The van der Waals surface area contributed by atoms with Crippen molar-refractivity contribution in [3.8, 4) is 0 Å². The molecule has 0 radical (unpaired) electrons. The Bertz CT molecular complexity index is 676. The fourth-order valence-corrected chi connectivity index (χ4v) is 3.39. The van der Waals surface area contributed by atoms with Gasteiger partial charge in [-0.05, 0) is 64.0 Å². The Morgan fingerprint density at radius 2 is 1.88 bits per heavy atom. The van der Waals surface area contributed by atoms with Crippen molar-refractivity contribution in [1.82, 2.24) is 10.2 Å². The number of nitrogens with one attached hydrogen (secondary N) is 2. The largest absolute Gasteiger partial charge is 0.468 e. The van der Waals surface area contributed by atoms with E-state index in [-0.39, 0.29) is 18.0 Å². The van der Waals surface area contributed by atoms with Crippen molar-refractivity contribution in [1.29, 1.82) is 0 Å². The predicted molar refractivity (Wildman–Crippen MR) is 104 cm³/mol. The molecule has 1 fully saturated rings. The van der Waals surface area contributed by atoms with Gasteiger partial charge in [-0.3, -0.25) is 9.69 Å². The molecule has 1 aliphatic rings. The van der Waals surface area contributed by atoms with E-state index in [0.717, 1.165) is 24.5 Å². The number of anilines is 1. The average molecular weight is 355 g/mol. The fourth-order valence-electron chi connectivity index (χ4n) is 3.39.